The molecule has 7 heteroatoms. The van der Waals surface area contributed by atoms with Crippen molar-refractivity contribution >= 4 is 11.8 Å². The molecule has 0 amide bonds. The minimum Gasteiger partial charge on any atom is -0.368 e. The number of benzene rings is 1. The average molecular weight is 324 g/mol. The lowest BCUT2D eigenvalue weighted by molar-refractivity contribution is 0.627. The molecule has 0 radical (unpaired) electrons. The Kier molecular flexibility index (Phi) is 5.24. The SMILES string of the molecule is Fc1ccc(CCNc2cnnc(NCc3ccncc3)n2)cc1. The van der Waals surface area contributed by atoms with Crippen molar-refractivity contribution in [1.82, 2.24) is 20.2 Å². The maximum absolute atomic E-state index is 12.9. The van der Waals surface area contributed by atoms with Crippen LogP contribution in [0.25, 0.3) is 0 Å². The molecule has 122 valence electrons. The van der Waals surface area contributed by atoms with E-state index in [1.54, 1.807) is 30.7 Å². The second-order valence-electron chi connectivity index (χ2n) is 5.18. The number of halogens is 1. The van der Waals surface area contributed by atoms with Gasteiger partial charge in [-0.3, -0.25) is 4.98 Å². The van der Waals surface area contributed by atoms with Crippen molar-refractivity contribution in [3.8, 4) is 0 Å². The van der Waals surface area contributed by atoms with Gasteiger partial charge in [0, 0.05) is 25.5 Å². The third kappa shape index (κ3) is 4.70. The molecule has 3 aromatic rings. The van der Waals surface area contributed by atoms with E-state index in [2.05, 4.69) is 30.8 Å². The van der Waals surface area contributed by atoms with E-state index in [4.69, 9.17) is 0 Å². The van der Waals surface area contributed by atoms with Crippen LogP contribution in [0.1, 0.15) is 11.1 Å². The van der Waals surface area contributed by atoms with Crippen LogP contribution in [-0.4, -0.2) is 26.7 Å². The molecule has 3 rings (SSSR count). The Hall–Kier alpha value is -3.09. The molecule has 0 aliphatic carbocycles. The van der Waals surface area contributed by atoms with E-state index in [0.29, 0.717) is 24.9 Å². The first kappa shape index (κ1) is 15.8. The van der Waals surface area contributed by atoms with E-state index in [-0.39, 0.29) is 5.82 Å². The summed E-state index contributed by atoms with van der Waals surface area (Å²) in [5.74, 6) is 0.875. The molecule has 0 aliphatic rings. The molecule has 0 saturated carbocycles. The third-order valence-electron chi connectivity index (χ3n) is 3.39. The summed E-state index contributed by atoms with van der Waals surface area (Å²) in [6.07, 6.45) is 5.82. The molecule has 1 aromatic carbocycles. The summed E-state index contributed by atoms with van der Waals surface area (Å²) >= 11 is 0. The molecule has 0 spiro atoms. The zero-order valence-corrected chi connectivity index (χ0v) is 13.0. The highest BCUT2D eigenvalue weighted by atomic mass is 19.1. The largest absolute Gasteiger partial charge is 0.368 e. The smallest absolute Gasteiger partial charge is 0.244 e. The summed E-state index contributed by atoms with van der Waals surface area (Å²) in [7, 11) is 0. The Bertz CT molecular complexity index is 764. The molecule has 24 heavy (non-hydrogen) atoms. The van der Waals surface area contributed by atoms with Crippen LogP contribution < -0.4 is 10.6 Å². The number of aromatic nitrogens is 4. The molecule has 0 atom stereocenters. The third-order valence-corrected chi connectivity index (χ3v) is 3.39. The van der Waals surface area contributed by atoms with E-state index in [1.165, 1.54) is 12.1 Å². The molecule has 0 fully saturated rings. The molecule has 2 heterocycles. The van der Waals surface area contributed by atoms with Gasteiger partial charge in [-0.15, -0.1) is 5.10 Å². The van der Waals surface area contributed by atoms with Crippen LogP contribution in [0, 0.1) is 5.82 Å². The zero-order valence-electron chi connectivity index (χ0n) is 13.0. The van der Waals surface area contributed by atoms with E-state index >= 15 is 0 Å². The van der Waals surface area contributed by atoms with Gasteiger partial charge in [0.2, 0.25) is 5.95 Å². The lowest BCUT2D eigenvalue weighted by atomic mass is 10.1. The van der Waals surface area contributed by atoms with Gasteiger partial charge in [-0.1, -0.05) is 12.1 Å². The Balaban J connectivity index is 1.50. The molecule has 0 bridgehead atoms. The fourth-order valence-electron chi connectivity index (χ4n) is 2.13. The first-order valence-electron chi connectivity index (χ1n) is 7.60. The van der Waals surface area contributed by atoms with Crippen LogP contribution >= 0.6 is 0 Å². The van der Waals surface area contributed by atoms with Gasteiger partial charge < -0.3 is 10.6 Å². The first-order chi connectivity index (χ1) is 11.8. The Morgan fingerprint density at radius 1 is 0.917 bits per heavy atom. The van der Waals surface area contributed by atoms with Crippen molar-refractivity contribution in [3.63, 3.8) is 0 Å². The minimum absolute atomic E-state index is 0.225. The predicted molar refractivity (Wildman–Crippen MR) is 90.0 cm³/mol. The van der Waals surface area contributed by atoms with Crippen LogP contribution in [0.5, 0.6) is 0 Å². The second-order valence-corrected chi connectivity index (χ2v) is 5.18. The number of rotatable bonds is 7. The number of pyridine rings is 1. The standard InChI is InChI=1S/C17H17FN6/c18-15-3-1-13(2-4-15)7-10-20-16-12-22-24-17(23-16)21-11-14-5-8-19-9-6-14/h1-6,8-9,12H,7,10-11H2,(H2,20,21,23,24). The number of nitrogens with zero attached hydrogens (tertiary/aromatic N) is 4. The van der Waals surface area contributed by atoms with Crippen molar-refractivity contribution in [2.75, 3.05) is 17.2 Å². The summed E-state index contributed by atoms with van der Waals surface area (Å²) < 4.78 is 12.9. The summed E-state index contributed by atoms with van der Waals surface area (Å²) in [6.45, 7) is 1.28. The minimum atomic E-state index is -0.225. The van der Waals surface area contributed by atoms with E-state index in [1.807, 2.05) is 12.1 Å². The van der Waals surface area contributed by atoms with Gasteiger partial charge in [-0.05, 0) is 41.8 Å². The van der Waals surface area contributed by atoms with Crippen molar-refractivity contribution in [1.29, 1.82) is 0 Å². The van der Waals surface area contributed by atoms with Crippen LogP contribution in [0.15, 0.2) is 55.0 Å². The van der Waals surface area contributed by atoms with Crippen LogP contribution in [0.4, 0.5) is 16.2 Å². The van der Waals surface area contributed by atoms with Crippen LogP contribution in [-0.2, 0) is 13.0 Å². The average Bonchev–Trinajstić information content (AvgIpc) is 2.63. The summed E-state index contributed by atoms with van der Waals surface area (Å²) in [6, 6.07) is 10.3. The highest BCUT2D eigenvalue weighted by Gasteiger charge is 2.01. The zero-order chi connectivity index (χ0) is 16.6. The van der Waals surface area contributed by atoms with Gasteiger partial charge >= 0.3 is 0 Å². The van der Waals surface area contributed by atoms with Gasteiger partial charge in [0.1, 0.15) is 5.82 Å². The molecule has 0 unspecified atom stereocenters. The van der Waals surface area contributed by atoms with Crippen molar-refractivity contribution in [2.45, 2.75) is 13.0 Å². The second kappa shape index (κ2) is 7.96. The van der Waals surface area contributed by atoms with Gasteiger partial charge in [0.05, 0.1) is 6.20 Å². The number of hydrogen-bond acceptors (Lipinski definition) is 6. The molecule has 0 saturated heterocycles. The lowest BCUT2D eigenvalue weighted by Gasteiger charge is -2.08. The van der Waals surface area contributed by atoms with E-state index < -0.39 is 0 Å². The molecule has 2 aromatic heterocycles. The monoisotopic (exact) mass is 324 g/mol. The molecule has 0 aliphatic heterocycles. The summed E-state index contributed by atoms with van der Waals surface area (Å²) in [4.78, 5) is 8.34. The molecular weight excluding hydrogens is 307 g/mol. The van der Waals surface area contributed by atoms with Gasteiger partial charge in [0.15, 0.2) is 5.82 Å². The van der Waals surface area contributed by atoms with Gasteiger partial charge in [-0.2, -0.15) is 10.1 Å². The molecule has 2 N–H and O–H groups in total. The highest BCUT2D eigenvalue weighted by molar-refractivity contribution is 5.37. The van der Waals surface area contributed by atoms with Gasteiger partial charge in [0.25, 0.3) is 0 Å². The Morgan fingerprint density at radius 3 is 2.50 bits per heavy atom. The number of anilines is 2. The normalized spacial score (nSPS) is 10.4. The predicted octanol–water partition coefficient (Wildman–Crippen LogP) is 2.67. The van der Waals surface area contributed by atoms with Crippen molar-refractivity contribution < 1.29 is 4.39 Å². The van der Waals surface area contributed by atoms with Crippen LogP contribution in [0.2, 0.25) is 0 Å². The van der Waals surface area contributed by atoms with Crippen molar-refractivity contribution in [3.05, 3.63) is 71.9 Å². The maximum Gasteiger partial charge on any atom is 0.244 e. The van der Waals surface area contributed by atoms with Crippen molar-refractivity contribution in [2.24, 2.45) is 0 Å². The topological polar surface area (TPSA) is 75.6 Å². The summed E-state index contributed by atoms with van der Waals surface area (Å²) in [5, 5.41) is 14.2. The van der Waals surface area contributed by atoms with Gasteiger partial charge in [-0.25, -0.2) is 4.39 Å². The molecule has 6 nitrogen and oxygen atoms in total. The first-order valence-corrected chi connectivity index (χ1v) is 7.60. The quantitative estimate of drug-likeness (QED) is 0.696. The summed E-state index contributed by atoms with van der Waals surface area (Å²) in [5.41, 5.74) is 2.14. The lowest BCUT2D eigenvalue weighted by Crippen LogP contribution is -2.10. The van der Waals surface area contributed by atoms with Crippen LogP contribution in [0.3, 0.4) is 0 Å². The fraction of sp³-hybridized carbons (Fsp3) is 0.176. The van der Waals surface area contributed by atoms with E-state index in [9.17, 15) is 4.39 Å². The number of nitrogens with one attached hydrogen (secondary N) is 2. The highest BCUT2D eigenvalue weighted by Crippen LogP contribution is 2.07. The maximum atomic E-state index is 12.9. The number of hydrogen-bond donors (Lipinski definition) is 2. The fourth-order valence-corrected chi connectivity index (χ4v) is 2.13. The Labute approximate surface area is 139 Å². The molecular formula is C17H17FN6. The Morgan fingerprint density at radius 2 is 1.71 bits per heavy atom. The van der Waals surface area contributed by atoms with E-state index in [0.717, 1.165) is 17.5 Å².